The normalized spacial score (nSPS) is 14.6. The number of carbonyl (C=O) groups is 4. The fourth-order valence-corrected chi connectivity index (χ4v) is 27.8. The molecule has 4 saturated heterocycles. The average Bonchev–Trinajstić information content (AvgIpc) is 0.945. The van der Waals surface area contributed by atoms with Crippen molar-refractivity contribution < 1.29 is 82.1 Å². The molecule has 16 rings (SSSR count). The zero-order valence-electron chi connectivity index (χ0n) is 73.2. The molecule has 1 aromatic heterocycles. The zero-order chi connectivity index (χ0) is 102. The Bertz CT molecular complexity index is 7310. The molecule has 1 N–H and O–H groups in total. The van der Waals surface area contributed by atoms with E-state index in [0.717, 1.165) is 71.3 Å². The van der Waals surface area contributed by atoms with E-state index in [9.17, 15) is 98.4 Å². The molecule has 142 heavy (non-hydrogen) atoms. The number of benzene rings is 11. The van der Waals surface area contributed by atoms with Crippen molar-refractivity contribution in [1.29, 1.82) is 0 Å². The molecule has 0 bridgehead atoms. The molecule has 51 heteroatoms. The maximum absolute atomic E-state index is 13.6. The van der Waals surface area contributed by atoms with Crippen LogP contribution in [0.2, 0.25) is 45.2 Å². The minimum absolute atomic E-state index is 0.0213. The summed E-state index contributed by atoms with van der Waals surface area (Å²) in [4.78, 5) is 102. The first-order valence-electron chi connectivity index (χ1n) is 41.9. The van der Waals surface area contributed by atoms with Gasteiger partial charge in [-0.3, -0.25) is 59.6 Å². The highest BCUT2D eigenvalue weighted by atomic mass is 35.5. The summed E-state index contributed by atoms with van der Waals surface area (Å²) in [5.74, 6) is -0.809. The van der Waals surface area contributed by atoms with E-state index >= 15 is 0 Å². The lowest BCUT2D eigenvalue weighted by Crippen LogP contribution is -2.50. The van der Waals surface area contributed by atoms with Crippen molar-refractivity contribution in [3.8, 4) is 0 Å². The van der Waals surface area contributed by atoms with E-state index in [1.54, 1.807) is 172 Å². The quantitative estimate of drug-likeness (QED) is 0.0410. The van der Waals surface area contributed by atoms with Crippen molar-refractivity contribution in [3.63, 3.8) is 0 Å². The maximum Gasteiger partial charge on any atom is 0.289 e. The number of piperazine rings is 4. The van der Waals surface area contributed by atoms with Crippen LogP contribution in [-0.4, -0.2) is 224 Å². The van der Waals surface area contributed by atoms with Crippen LogP contribution in [0.25, 0.3) is 0 Å². The predicted molar refractivity (Wildman–Crippen MR) is 542 cm³/mol. The third kappa shape index (κ3) is 26.9. The number of non-ortho nitro benzene ring substituents is 4. The third-order valence-corrected chi connectivity index (χ3v) is 37.6. The number of nitro groups is 4. The number of nitrogens with zero attached hydrogens (tertiary/aromatic N) is 12. The number of hydrogen-bond acceptors (Lipinski definition) is 26. The van der Waals surface area contributed by atoms with E-state index in [1.165, 1.54) is 76.9 Å². The van der Waals surface area contributed by atoms with Gasteiger partial charge in [0.2, 0.25) is 40.1 Å². The van der Waals surface area contributed by atoms with Crippen molar-refractivity contribution in [2.45, 2.75) is 65.4 Å². The van der Waals surface area contributed by atoms with Crippen LogP contribution < -0.4 is 0 Å². The minimum atomic E-state index is -4.15. The largest absolute Gasteiger partial charge is 0.459 e. The number of aliphatic hydroxyl groups excluding tert-OH is 1. The number of halogens is 9. The number of carbonyl (C=O) groups excluding carboxylic acids is 4. The van der Waals surface area contributed by atoms with Crippen molar-refractivity contribution >= 4 is 238 Å². The second-order valence-corrected chi connectivity index (χ2v) is 46.5. The summed E-state index contributed by atoms with van der Waals surface area (Å²) < 4.78 is 119. The van der Waals surface area contributed by atoms with Crippen LogP contribution in [0.1, 0.15) is 47.2 Å². The first-order valence-corrected chi connectivity index (χ1v) is 54.3. The van der Waals surface area contributed by atoms with E-state index in [4.69, 9.17) is 109 Å². The molecule has 12 aromatic rings. The third-order valence-electron chi connectivity index (χ3n) is 21.8. The topological polar surface area (TPSA) is 437 Å². The summed E-state index contributed by atoms with van der Waals surface area (Å²) in [5.41, 5.74) is 0.675. The van der Waals surface area contributed by atoms with E-state index in [2.05, 4.69) is 0 Å². The molecular formula is C91H75Cl9N12O22S8. The Kier molecular flexibility index (Phi) is 37.0. The minimum Gasteiger partial charge on any atom is -0.459 e. The Hall–Kier alpha value is -10.2. The van der Waals surface area contributed by atoms with Gasteiger partial charge in [0.25, 0.3) is 46.4 Å². The molecule has 11 aromatic carbocycles. The molecule has 0 saturated carbocycles. The summed E-state index contributed by atoms with van der Waals surface area (Å²) in [6.07, 6.45) is 1.39. The fourth-order valence-electron chi connectivity index (χ4n) is 14.4. The predicted octanol–water partition coefficient (Wildman–Crippen LogP) is 20.5. The number of hydrogen-bond donors (Lipinski definition) is 1. The SMILES string of the molecule is O=C(c1ccc(CO)cc1)N1CCN(S(=O)(=O)c2cc([N+](=O)[O-])ccc2Sc2cc(Cl)ccc2Cl)CC1.O=C(c1ccc(Cl)cc1)N1CCN(S(=O)(=O)c2cc([N+](=O)[O-])ccc2Sc2cc(Cl)ccc2Cl)CC1.O=C(c1ccccc1)N1CCN(S(=O)(=O)c2cc([N+](=O)[O-])ccc2Sc2cc(Cl)ccc2Cl)CC1.O=C(c1ccco1)N1CCN(S(=O)(=O)c2cc([N+](=O)[O-])ccc2Sc2cc(Cl)ccc2Cl)CC1. The van der Waals surface area contributed by atoms with Crippen LogP contribution in [0.3, 0.4) is 0 Å². The Morgan fingerprint density at radius 2 is 0.535 bits per heavy atom. The van der Waals surface area contributed by atoms with Crippen molar-refractivity contribution in [2.24, 2.45) is 0 Å². The first kappa shape index (κ1) is 109. The summed E-state index contributed by atoms with van der Waals surface area (Å²) in [6.45, 7) is 1.48. The van der Waals surface area contributed by atoms with Gasteiger partial charge in [-0.1, -0.05) is 182 Å². The monoisotopic (exact) mass is 2260 g/mol. The molecule has 0 unspecified atom stereocenters. The van der Waals surface area contributed by atoms with Gasteiger partial charge in [0.1, 0.15) is 19.6 Å². The number of rotatable bonds is 25. The van der Waals surface area contributed by atoms with Gasteiger partial charge in [-0.05, 0) is 163 Å². The second kappa shape index (κ2) is 48.2. The van der Waals surface area contributed by atoms with Gasteiger partial charge in [0.05, 0.1) is 52.7 Å². The van der Waals surface area contributed by atoms with Crippen molar-refractivity contribution in [1.82, 2.24) is 36.8 Å². The average molecular weight is 2260 g/mol. The lowest BCUT2D eigenvalue weighted by molar-refractivity contribution is -0.385. The summed E-state index contributed by atoms with van der Waals surface area (Å²) >= 11 is 59.3. The van der Waals surface area contributed by atoms with Crippen molar-refractivity contribution in [3.05, 3.63) is 357 Å². The lowest BCUT2D eigenvalue weighted by Gasteiger charge is -2.34. The molecule has 34 nitrogen and oxygen atoms in total. The summed E-state index contributed by atoms with van der Waals surface area (Å²) in [5, 5.41) is 58.3. The Balaban J connectivity index is 0.000000159. The zero-order valence-corrected chi connectivity index (χ0v) is 86.5. The molecule has 0 atom stereocenters. The summed E-state index contributed by atoms with van der Waals surface area (Å²) in [6, 6.07) is 58.7. The van der Waals surface area contributed by atoms with Gasteiger partial charge in [0.15, 0.2) is 5.76 Å². The van der Waals surface area contributed by atoms with Crippen LogP contribution in [0.5, 0.6) is 0 Å². The fraction of sp³-hybridized carbons (Fsp3) is 0.187. The smallest absolute Gasteiger partial charge is 0.289 e. The number of nitro benzene ring substituents is 4. The lowest BCUT2D eigenvalue weighted by atomic mass is 10.1. The molecule has 0 aliphatic carbocycles. The van der Waals surface area contributed by atoms with E-state index in [0.29, 0.717) is 87.0 Å². The second-order valence-electron chi connectivity index (χ2n) is 30.8. The summed E-state index contributed by atoms with van der Waals surface area (Å²) in [7, 11) is -16.5. The molecule has 0 radical (unpaired) electrons. The van der Waals surface area contributed by atoms with Crippen LogP contribution >= 0.6 is 151 Å². The highest BCUT2D eigenvalue weighted by Gasteiger charge is 2.40. The Labute approximate surface area is 875 Å². The molecule has 4 aliphatic heterocycles. The Morgan fingerprint density at radius 1 is 0.289 bits per heavy atom. The number of furan rings is 1. The molecule has 0 spiro atoms. The van der Waals surface area contributed by atoms with Crippen molar-refractivity contribution in [2.75, 3.05) is 105 Å². The van der Waals surface area contributed by atoms with Crippen LogP contribution in [0.4, 0.5) is 22.7 Å². The maximum atomic E-state index is 13.6. The highest BCUT2D eigenvalue weighted by Crippen LogP contribution is 2.46. The van der Waals surface area contributed by atoms with Gasteiger partial charge in [-0.2, -0.15) is 17.2 Å². The van der Waals surface area contributed by atoms with E-state index < -0.39 is 59.8 Å². The van der Waals surface area contributed by atoms with Crippen LogP contribution in [0, 0.1) is 40.5 Å². The molecule has 742 valence electrons. The number of aliphatic hydroxyl groups is 1. The van der Waals surface area contributed by atoms with Gasteiger partial charge in [0, 0.05) is 234 Å². The van der Waals surface area contributed by atoms with Crippen LogP contribution in [-0.2, 0) is 46.7 Å². The standard InChI is InChI=1S/C24H21Cl2N3O6S2.C23H18Cl3N3O5S2.C23H19Cl2N3O5S2.C21H17Cl2N3O6S2/c25-18-5-7-20(26)22(13-18)36-21-8-6-19(29(32)33)14-23(21)37(34,35)28-11-9-27(10-12-28)24(31)17-3-1-16(15-30)2-4-17;24-16-3-1-15(2-4-16)23(30)27-9-11-28(12-10-27)36(33,34)22-14-18(29(31)32)6-8-20(22)35-21-13-17(25)5-7-19(21)26;24-17-6-8-19(25)21(14-17)34-20-9-7-18(28(30)31)15-22(20)35(32,33)27-12-10-26(11-13-27)23(29)16-4-2-1-3-5-16;22-14-3-5-16(23)19(12-14)33-18-6-4-15(26(28)29)13-20(18)34(30,31)25-9-7-24(8-10-25)21(27)17-2-1-11-32-17/h1-8,13-14,30H,9-12,15H2;1-8,13-14H,9-12H2;1-9,14-15H,10-13H2;1-6,11-13H,7-10H2. The molecule has 4 fully saturated rings. The highest BCUT2D eigenvalue weighted by molar-refractivity contribution is 8.01. The molecule has 4 amide bonds. The van der Waals surface area contributed by atoms with E-state index in [-0.39, 0.29) is 203 Å². The molecular weight excluding hydrogens is 2190 g/mol. The van der Waals surface area contributed by atoms with E-state index in [1.807, 2.05) is 6.07 Å². The van der Waals surface area contributed by atoms with Gasteiger partial charge in [-0.25, -0.2) is 33.7 Å². The van der Waals surface area contributed by atoms with Gasteiger partial charge >= 0.3 is 0 Å². The number of sulfonamides is 4. The van der Waals surface area contributed by atoms with Gasteiger partial charge in [-0.15, -0.1) is 0 Å². The molecule has 5 heterocycles. The van der Waals surface area contributed by atoms with Crippen LogP contribution in [0.15, 0.2) is 306 Å². The number of amides is 4. The first-order chi connectivity index (χ1) is 67.5. The molecule has 4 aliphatic rings. The Morgan fingerprint density at radius 3 is 0.782 bits per heavy atom. The van der Waals surface area contributed by atoms with Gasteiger partial charge < -0.3 is 29.1 Å².